The lowest BCUT2D eigenvalue weighted by Crippen LogP contribution is -2.47. The number of aryl methyl sites for hydroxylation is 1. The van der Waals surface area contributed by atoms with Gasteiger partial charge in [-0.3, -0.25) is 0 Å². The molecule has 1 fully saturated rings. The quantitative estimate of drug-likeness (QED) is 0.915. The highest BCUT2D eigenvalue weighted by atomic mass is 16.5. The number of ether oxygens (including phenoxy) is 1. The van der Waals surface area contributed by atoms with Gasteiger partial charge in [0.2, 0.25) is 0 Å². The van der Waals surface area contributed by atoms with Crippen LogP contribution in [-0.2, 0) is 0 Å². The van der Waals surface area contributed by atoms with Crippen molar-refractivity contribution in [2.45, 2.75) is 39.3 Å². The summed E-state index contributed by atoms with van der Waals surface area (Å²) in [7, 11) is 3.96. The van der Waals surface area contributed by atoms with Gasteiger partial charge in [-0.2, -0.15) is 0 Å². The third-order valence-corrected chi connectivity index (χ3v) is 4.43. The zero-order chi connectivity index (χ0) is 14.7. The Balaban J connectivity index is 2.06. The number of likely N-dealkylation sites (tertiary alicyclic amines) is 1. The van der Waals surface area contributed by atoms with Gasteiger partial charge in [-0.05, 0) is 51.4 Å². The smallest absolute Gasteiger partial charge is 0.123 e. The lowest BCUT2D eigenvalue weighted by molar-refractivity contribution is 0.167. The number of piperidine rings is 1. The number of nitrogens with zero attached hydrogens (tertiary/aromatic N) is 1. The fraction of sp³-hybridized carbons (Fsp3) is 0.647. The van der Waals surface area contributed by atoms with Crippen LogP contribution in [0.5, 0.6) is 5.75 Å². The molecule has 3 atom stereocenters. The third-order valence-electron chi connectivity index (χ3n) is 4.43. The number of hydrogen-bond acceptors (Lipinski definition) is 3. The molecule has 1 saturated heterocycles. The van der Waals surface area contributed by atoms with Crippen molar-refractivity contribution in [3.05, 3.63) is 29.3 Å². The summed E-state index contributed by atoms with van der Waals surface area (Å²) in [6.07, 6.45) is 1.22. The monoisotopic (exact) mass is 276 g/mol. The van der Waals surface area contributed by atoms with Crippen molar-refractivity contribution in [2.24, 2.45) is 5.92 Å². The van der Waals surface area contributed by atoms with Crippen LogP contribution in [0.4, 0.5) is 0 Å². The van der Waals surface area contributed by atoms with Crippen LogP contribution < -0.4 is 10.1 Å². The number of methoxy groups -OCH3 is 1. The lowest BCUT2D eigenvalue weighted by Gasteiger charge is -2.37. The normalized spacial score (nSPS) is 25.4. The SMILES string of the molecule is COc1cc(C)ccc1C(C)NC1CCN(C)CC1C. The maximum Gasteiger partial charge on any atom is 0.123 e. The fourth-order valence-corrected chi connectivity index (χ4v) is 3.19. The van der Waals surface area contributed by atoms with E-state index in [9.17, 15) is 0 Å². The zero-order valence-electron chi connectivity index (χ0n) is 13.4. The van der Waals surface area contributed by atoms with Crippen molar-refractivity contribution in [1.29, 1.82) is 0 Å². The second kappa shape index (κ2) is 6.59. The summed E-state index contributed by atoms with van der Waals surface area (Å²) in [4.78, 5) is 2.42. The van der Waals surface area contributed by atoms with E-state index in [0.29, 0.717) is 18.0 Å². The van der Waals surface area contributed by atoms with Gasteiger partial charge in [0.25, 0.3) is 0 Å². The Morgan fingerprint density at radius 1 is 1.40 bits per heavy atom. The third kappa shape index (κ3) is 3.53. The maximum absolute atomic E-state index is 5.53. The van der Waals surface area contributed by atoms with E-state index >= 15 is 0 Å². The Labute approximate surface area is 123 Å². The van der Waals surface area contributed by atoms with Gasteiger partial charge in [-0.15, -0.1) is 0 Å². The Morgan fingerprint density at radius 3 is 2.80 bits per heavy atom. The fourth-order valence-electron chi connectivity index (χ4n) is 3.19. The highest BCUT2D eigenvalue weighted by Crippen LogP contribution is 2.28. The molecule has 20 heavy (non-hydrogen) atoms. The Morgan fingerprint density at radius 2 is 2.15 bits per heavy atom. The first kappa shape index (κ1) is 15.3. The van der Waals surface area contributed by atoms with Crippen LogP contribution >= 0.6 is 0 Å². The minimum Gasteiger partial charge on any atom is -0.496 e. The van der Waals surface area contributed by atoms with Crippen LogP contribution in [0.3, 0.4) is 0 Å². The molecule has 0 aliphatic carbocycles. The molecule has 1 N–H and O–H groups in total. The van der Waals surface area contributed by atoms with Gasteiger partial charge in [-0.25, -0.2) is 0 Å². The molecule has 0 radical (unpaired) electrons. The van der Waals surface area contributed by atoms with E-state index < -0.39 is 0 Å². The van der Waals surface area contributed by atoms with Crippen molar-refractivity contribution in [1.82, 2.24) is 10.2 Å². The summed E-state index contributed by atoms with van der Waals surface area (Å²) >= 11 is 0. The minimum absolute atomic E-state index is 0.321. The zero-order valence-corrected chi connectivity index (χ0v) is 13.4. The van der Waals surface area contributed by atoms with Gasteiger partial charge in [0, 0.05) is 24.2 Å². The number of nitrogens with one attached hydrogen (secondary N) is 1. The van der Waals surface area contributed by atoms with Crippen molar-refractivity contribution in [3.63, 3.8) is 0 Å². The standard InChI is InChI=1S/C17H28N2O/c1-12-6-7-15(17(10-12)20-5)14(3)18-16-8-9-19(4)11-13(16)2/h6-7,10,13-14,16,18H,8-9,11H2,1-5H3. The predicted molar refractivity (Wildman–Crippen MR) is 84.3 cm³/mol. The minimum atomic E-state index is 0.321. The van der Waals surface area contributed by atoms with E-state index in [-0.39, 0.29) is 0 Å². The van der Waals surface area contributed by atoms with Crippen LogP contribution in [0.15, 0.2) is 18.2 Å². The van der Waals surface area contributed by atoms with Crippen molar-refractivity contribution in [2.75, 3.05) is 27.2 Å². The highest BCUT2D eigenvalue weighted by Gasteiger charge is 2.26. The molecule has 0 bridgehead atoms. The summed E-state index contributed by atoms with van der Waals surface area (Å²) in [6, 6.07) is 7.37. The van der Waals surface area contributed by atoms with Crippen molar-refractivity contribution in [3.8, 4) is 5.75 Å². The van der Waals surface area contributed by atoms with Crippen LogP contribution in [0, 0.1) is 12.8 Å². The number of benzene rings is 1. The average Bonchev–Trinajstić information content (AvgIpc) is 2.41. The summed E-state index contributed by atoms with van der Waals surface area (Å²) in [5.74, 6) is 1.68. The van der Waals surface area contributed by atoms with Gasteiger partial charge in [0.05, 0.1) is 7.11 Å². The first-order valence-electron chi connectivity index (χ1n) is 7.60. The molecule has 2 rings (SSSR count). The molecule has 1 aliphatic rings. The molecule has 1 aromatic carbocycles. The van der Waals surface area contributed by atoms with Crippen LogP contribution in [-0.4, -0.2) is 38.2 Å². The van der Waals surface area contributed by atoms with Crippen LogP contribution in [0.2, 0.25) is 0 Å². The van der Waals surface area contributed by atoms with Gasteiger partial charge in [0.1, 0.15) is 5.75 Å². The second-order valence-corrected chi connectivity index (χ2v) is 6.27. The van der Waals surface area contributed by atoms with E-state index in [4.69, 9.17) is 4.74 Å². The van der Waals surface area contributed by atoms with Gasteiger partial charge in [0.15, 0.2) is 0 Å². The summed E-state index contributed by atoms with van der Waals surface area (Å²) in [5.41, 5.74) is 2.50. The molecule has 0 spiro atoms. The Bertz CT molecular complexity index is 447. The molecular weight excluding hydrogens is 248 g/mol. The van der Waals surface area contributed by atoms with E-state index in [1.54, 1.807) is 7.11 Å². The summed E-state index contributed by atoms with van der Waals surface area (Å²) in [5, 5.41) is 3.79. The van der Waals surface area contributed by atoms with Crippen LogP contribution in [0.25, 0.3) is 0 Å². The van der Waals surface area contributed by atoms with E-state index in [2.05, 4.69) is 56.2 Å². The Kier molecular flexibility index (Phi) is 5.06. The maximum atomic E-state index is 5.53. The molecule has 112 valence electrons. The molecule has 3 heteroatoms. The van der Waals surface area contributed by atoms with Crippen LogP contribution in [0.1, 0.15) is 37.4 Å². The van der Waals surface area contributed by atoms with Crippen molar-refractivity contribution >= 4 is 0 Å². The van der Waals surface area contributed by atoms with Gasteiger partial charge >= 0.3 is 0 Å². The number of rotatable bonds is 4. The Hall–Kier alpha value is -1.06. The molecular formula is C17H28N2O. The molecule has 0 saturated carbocycles. The first-order chi connectivity index (χ1) is 9.51. The molecule has 3 unspecified atom stereocenters. The first-order valence-corrected chi connectivity index (χ1v) is 7.60. The van der Waals surface area contributed by atoms with Gasteiger partial charge in [-0.1, -0.05) is 19.1 Å². The molecule has 1 heterocycles. The molecule has 0 amide bonds. The summed E-state index contributed by atoms with van der Waals surface area (Å²) < 4.78 is 5.53. The highest BCUT2D eigenvalue weighted by molar-refractivity contribution is 5.39. The van der Waals surface area contributed by atoms with E-state index in [1.165, 1.54) is 30.6 Å². The summed E-state index contributed by atoms with van der Waals surface area (Å²) in [6.45, 7) is 9.03. The molecule has 1 aromatic rings. The van der Waals surface area contributed by atoms with E-state index in [0.717, 1.165) is 5.75 Å². The molecule has 1 aliphatic heterocycles. The van der Waals surface area contributed by atoms with Crippen molar-refractivity contribution < 1.29 is 4.74 Å². The second-order valence-electron chi connectivity index (χ2n) is 6.27. The van der Waals surface area contributed by atoms with Gasteiger partial charge < -0.3 is 15.0 Å². The molecule has 0 aromatic heterocycles. The predicted octanol–water partition coefficient (Wildman–Crippen LogP) is 2.99. The number of hydrogen-bond donors (Lipinski definition) is 1. The van der Waals surface area contributed by atoms with E-state index in [1.807, 2.05) is 0 Å². The largest absolute Gasteiger partial charge is 0.496 e. The topological polar surface area (TPSA) is 24.5 Å². The lowest BCUT2D eigenvalue weighted by atomic mass is 9.92. The average molecular weight is 276 g/mol. The molecule has 3 nitrogen and oxygen atoms in total.